The second-order valence-electron chi connectivity index (χ2n) is 3.13. The Morgan fingerprint density at radius 3 is 2.85 bits per heavy atom. The van der Waals surface area contributed by atoms with Crippen molar-refractivity contribution in [1.29, 1.82) is 0 Å². The highest BCUT2D eigenvalue weighted by Gasteiger charge is 2.23. The van der Waals surface area contributed by atoms with Gasteiger partial charge >= 0.3 is 0 Å². The van der Waals surface area contributed by atoms with Crippen LogP contribution in [-0.2, 0) is 0 Å². The predicted molar refractivity (Wildman–Crippen MR) is 53.7 cm³/mol. The van der Waals surface area contributed by atoms with Gasteiger partial charge in [0.2, 0.25) is 0 Å². The van der Waals surface area contributed by atoms with Crippen LogP contribution in [0.3, 0.4) is 0 Å². The molecule has 0 spiro atoms. The Labute approximate surface area is 85.1 Å². The molecule has 1 aromatic rings. The summed E-state index contributed by atoms with van der Waals surface area (Å²) in [7, 11) is 0. The molecule has 1 aliphatic carbocycles. The monoisotopic (exact) mass is 216 g/mol. The molecule has 1 saturated carbocycles. The predicted octanol–water partition coefficient (Wildman–Crippen LogP) is 2.40. The van der Waals surface area contributed by atoms with E-state index < -0.39 is 5.24 Å². The Balaban J connectivity index is 2.18. The van der Waals surface area contributed by atoms with Crippen LogP contribution in [0.2, 0.25) is 0 Å². The molecule has 0 atom stereocenters. The number of anilines is 1. The normalized spacial score (nSPS) is 15.8. The van der Waals surface area contributed by atoms with Crippen molar-refractivity contribution < 1.29 is 4.79 Å². The summed E-state index contributed by atoms with van der Waals surface area (Å²) in [6.07, 6.45) is 2.39. The van der Waals surface area contributed by atoms with Crippen molar-refractivity contribution in [3.8, 4) is 0 Å². The number of halogens is 1. The molecule has 1 aromatic heterocycles. The zero-order valence-electron chi connectivity index (χ0n) is 7.13. The zero-order valence-corrected chi connectivity index (χ0v) is 8.71. The molecule has 0 amide bonds. The fourth-order valence-corrected chi connectivity index (χ4v) is 2.17. The summed E-state index contributed by atoms with van der Waals surface area (Å²) in [5.74, 6) is 0. The number of hydrogen-bond donors (Lipinski definition) is 1. The molecule has 0 aliphatic heterocycles. The Morgan fingerprint density at radius 2 is 2.38 bits per heavy atom. The molecule has 70 valence electrons. The molecule has 3 nitrogen and oxygen atoms in total. The van der Waals surface area contributed by atoms with Gasteiger partial charge in [0.25, 0.3) is 5.24 Å². The van der Waals surface area contributed by atoms with Crippen LogP contribution in [0.1, 0.15) is 28.2 Å². The standard InChI is InChI=1S/C8H9ClN2OS/c1-4-6(7(9)12)13-8(10-4)11-5-2-3-5/h5H,2-3H2,1H3,(H,10,11). The average molecular weight is 217 g/mol. The highest BCUT2D eigenvalue weighted by Crippen LogP contribution is 2.29. The molecular weight excluding hydrogens is 208 g/mol. The summed E-state index contributed by atoms with van der Waals surface area (Å²) in [5.41, 5.74) is 0.716. The van der Waals surface area contributed by atoms with E-state index in [9.17, 15) is 4.79 Å². The van der Waals surface area contributed by atoms with Crippen LogP contribution in [0, 0.1) is 6.92 Å². The fourth-order valence-electron chi connectivity index (χ4n) is 1.04. The van der Waals surface area contributed by atoms with Gasteiger partial charge in [-0.05, 0) is 31.4 Å². The number of aromatic nitrogens is 1. The number of aryl methyl sites for hydroxylation is 1. The molecule has 1 heterocycles. The van der Waals surface area contributed by atoms with Gasteiger partial charge in [-0.1, -0.05) is 11.3 Å². The first-order valence-corrected chi connectivity index (χ1v) is 5.30. The number of carbonyl (C=O) groups excluding carboxylic acids is 1. The van der Waals surface area contributed by atoms with E-state index in [0.29, 0.717) is 16.6 Å². The summed E-state index contributed by atoms with van der Waals surface area (Å²) in [6.45, 7) is 1.80. The van der Waals surface area contributed by atoms with Gasteiger partial charge in [0.15, 0.2) is 5.13 Å². The maximum atomic E-state index is 10.9. The zero-order chi connectivity index (χ0) is 9.42. The van der Waals surface area contributed by atoms with Crippen molar-refractivity contribution in [3.05, 3.63) is 10.6 Å². The molecule has 0 saturated heterocycles. The molecule has 0 unspecified atom stereocenters. The summed E-state index contributed by atoms with van der Waals surface area (Å²) >= 11 is 6.71. The van der Waals surface area contributed by atoms with Crippen molar-refractivity contribution >= 4 is 33.3 Å². The first-order valence-electron chi connectivity index (χ1n) is 4.10. The van der Waals surface area contributed by atoms with E-state index in [-0.39, 0.29) is 0 Å². The number of thiazole rings is 1. The third kappa shape index (κ3) is 2.00. The molecule has 2 rings (SSSR count). The molecular formula is C8H9ClN2OS. The number of nitrogens with one attached hydrogen (secondary N) is 1. The van der Waals surface area contributed by atoms with Gasteiger partial charge in [-0.25, -0.2) is 4.98 Å². The van der Waals surface area contributed by atoms with E-state index in [1.54, 1.807) is 6.92 Å². The maximum Gasteiger partial charge on any atom is 0.264 e. The third-order valence-electron chi connectivity index (χ3n) is 1.88. The van der Waals surface area contributed by atoms with Gasteiger partial charge in [-0.2, -0.15) is 0 Å². The van der Waals surface area contributed by atoms with Crippen LogP contribution < -0.4 is 5.32 Å². The van der Waals surface area contributed by atoms with E-state index in [2.05, 4.69) is 10.3 Å². The lowest BCUT2D eigenvalue weighted by molar-refractivity contribution is 0.108. The molecule has 13 heavy (non-hydrogen) atoms. The minimum Gasteiger partial charge on any atom is -0.359 e. The van der Waals surface area contributed by atoms with Crippen LogP contribution >= 0.6 is 22.9 Å². The molecule has 0 aromatic carbocycles. The van der Waals surface area contributed by atoms with Crippen molar-refractivity contribution in [1.82, 2.24) is 4.98 Å². The van der Waals surface area contributed by atoms with Crippen molar-refractivity contribution in [3.63, 3.8) is 0 Å². The minimum atomic E-state index is -0.418. The van der Waals surface area contributed by atoms with Gasteiger partial charge in [-0.3, -0.25) is 4.79 Å². The van der Waals surface area contributed by atoms with E-state index in [1.165, 1.54) is 24.2 Å². The summed E-state index contributed by atoms with van der Waals surface area (Å²) < 4.78 is 0. The second kappa shape index (κ2) is 3.27. The van der Waals surface area contributed by atoms with E-state index >= 15 is 0 Å². The van der Waals surface area contributed by atoms with Crippen molar-refractivity contribution in [2.24, 2.45) is 0 Å². The van der Waals surface area contributed by atoms with Crippen molar-refractivity contribution in [2.45, 2.75) is 25.8 Å². The second-order valence-corrected chi connectivity index (χ2v) is 4.47. The third-order valence-corrected chi connectivity index (χ3v) is 3.27. The van der Waals surface area contributed by atoms with Crippen LogP contribution in [0.15, 0.2) is 0 Å². The van der Waals surface area contributed by atoms with Crippen LogP contribution in [0.25, 0.3) is 0 Å². The molecule has 0 radical (unpaired) electrons. The molecule has 0 bridgehead atoms. The lowest BCUT2D eigenvalue weighted by Gasteiger charge is -1.95. The lowest BCUT2D eigenvalue weighted by atomic mass is 10.4. The molecule has 1 N–H and O–H groups in total. The Kier molecular flexibility index (Phi) is 2.26. The SMILES string of the molecule is Cc1nc(NC2CC2)sc1C(=O)Cl. The molecule has 1 fully saturated rings. The number of rotatable bonds is 3. The summed E-state index contributed by atoms with van der Waals surface area (Å²) in [5, 5.41) is 3.62. The smallest absolute Gasteiger partial charge is 0.264 e. The fraction of sp³-hybridized carbons (Fsp3) is 0.500. The number of hydrogen-bond acceptors (Lipinski definition) is 4. The van der Waals surface area contributed by atoms with Gasteiger partial charge < -0.3 is 5.32 Å². The molecule has 1 aliphatic rings. The summed E-state index contributed by atoms with van der Waals surface area (Å²) in [4.78, 5) is 15.6. The molecule has 5 heteroatoms. The van der Waals surface area contributed by atoms with Crippen LogP contribution in [0.5, 0.6) is 0 Å². The first kappa shape index (κ1) is 8.97. The quantitative estimate of drug-likeness (QED) is 0.789. The highest BCUT2D eigenvalue weighted by molar-refractivity contribution is 7.19. The minimum absolute atomic E-state index is 0.418. The number of carbonyl (C=O) groups is 1. The van der Waals surface area contributed by atoms with Gasteiger partial charge in [-0.15, -0.1) is 0 Å². The highest BCUT2D eigenvalue weighted by atomic mass is 35.5. The van der Waals surface area contributed by atoms with E-state index in [0.717, 1.165) is 5.13 Å². The van der Waals surface area contributed by atoms with Gasteiger partial charge in [0.1, 0.15) is 4.88 Å². The Hall–Kier alpha value is -0.610. The summed E-state index contributed by atoms with van der Waals surface area (Å²) in [6, 6.07) is 0.559. The Morgan fingerprint density at radius 1 is 1.69 bits per heavy atom. The topological polar surface area (TPSA) is 42.0 Å². The van der Waals surface area contributed by atoms with Crippen LogP contribution in [-0.4, -0.2) is 16.3 Å². The Bertz CT molecular complexity index is 346. The number of nitrogens with zero attached hydrogens (tertiary/aromatic N) is 1. The largest absolute Gasteiger partial charge is 0.359 e. The van der Waals surface area contributed by atoms with Crippen molar-refractivity contribution in [2.75, 3.05) is 5.32 Å². The van der Waals surface area contributed by atoms with E-state index in [1.807, 2.05) is 0 Å². The lowest BCUT2D eigenvalue weighted by Crippen LogP contribution is -1.99. The average Bonchev–Trinajstić information content (AvgIpc) is 2.75. The van der Waals surface area contributed by atoms with Gasteiger partial charge in [0.05, 0.1) is 5.69 Å². The maximum absolute atomic E-state index is 10.9. The van der Waals surface area contributed by atoms with Crippen LogP contribution in [0.4, 0.5) is 5.13 Å². The van der Waals surface area contributed by atoms with E-state index in [4.69, 9.17) is 11.6 Å². The van der Waals surface area contributed by atoms with Gasteiger partial charge in [0, 0.05) is 6.04 Å². The first-order chi connectivity index (χ1) is 6.16.